The maximum atomic E-state index is 11.8. The summed E-state index contributed by atoms with van der Waals surface area (Å²) in [5.41, 5.74) is 1.46. The third kappa shape index (κ3) is 4.72. The van der Waals surface area contributed by atoms with E-state index >= 15 is 0 Å². The molecule has 2 rings (SSSR count). The predicted octanol–water partition coefficient (Wildman–Crippen LogP) is 1.34. The van der Waals surface area contributed by atoms with Crippen LogP contribution in [0, 0.1) is 13.8 Å². The number of carbonyl (C=O) groups excluding carboxylic acids is 1. The van der Waals surface area contributed by atoms with Gasteiger partial charge in [0.05, 0.1) is 5.60 Å². The number of hydrogen-bond donors (Lipinski definition) is 2. The quantitative estimate of drug-likeness (QED) is 0.859. The Kier molecular flexibility index (Phi) is 5.20. The maximum absolute atomic E-state index is 11.8. The number of rotatable bonds is 5. The highest BCUT2D eigenvalue weighted by Gasteiger charge is 2.30. The van der Waals surface area contributed by atoms with Crippen LogP contribution in [0.3, 0.4) is 0 Å². The molecule has 0 spiro atoms. The number of hydrogen-bond acceptors (Lipinski definition) is 4. The second-order valence-electron chi connectivity index (χ2n) is 5.65. The zero-order chi connectivity index (χ0) is 15.3. The molecule has 0 aromatic heterocycles. The van der Waals surface area contributed by atoms with E-state index in [1.165, 1.54) is 5.56 Å². The molecule has 0 bridgehead atoms. The molecule has 1 aromatic carbocycles. The van der Waals surface area contributed by atoms with Crippen molar-refractivity contribution in [2.75, 3.05) is 26.4 Å². The van der Waals surface area contributed by atoms with Crippen molar-refractivity contribution in [1.82, 2.24) is 5.32 Å². The van der Waals surface area contributed by atoms with Gasteiger partial charge in [0.1, 0.15) is 5.75 Å². The van der Waals surface area contributed by atoms with Crippen LogP contribution in [0.5, 0.6) is 5.75 Å². The number of amides is 1. The molecule has 1 fully saturated rings. The fraction of sp³-hybridized carbons (Fsp3) is 0.562. The van der Waals surface area contributed by atoms with E-state index in [-0.39, 0.29) is 19.1 Å². The van der Waals surface area contributed by atoms with E-state index in [1.54, 1.807) is 0 Å². The smallest absolute Gasteiger partial charge is 0.258 e. The molecule has 0 radical (unpaired) electrons. The first kappa shape index (κ1) is 15.8. The molecule has 0 atom stereocenters. The summed E-state index contributed by atoms with van der Waals surface area (Å²) in [5.74, 6) is 0.450. The molecular weight excluding hydrogens is 270 g/mol. The summed E-state index contributed by atoms with van der Waals surface area (Å²) in [6.45, 7) is 5.29. The molecule has 1 aliphatic heterocycles. The van der Waals surface area contributed by atoms with Crippen LogP contribution in [-0.4, -0.2) is 43.0 Å². The van der Waals surface area contributed by atoms with Crippen molar-refractivity contribution in [3.05, 3.63) is 29.3 Å². The van der Waals surface area contributed by atoms with Crippen molar-refractivity contribution in [2.45, 2.75) is 32.3 Å². The summed E-state index contributed by atoms with van der Waals surface area (Å²) in [5, 5.41) is 13.0. The van der Waals surface area contributed by atoms with Crippen molar-refractivity contribution >= 4 is 5.91 Å². The lowest BCUT2D eigenvalue weighted by atomic mass is 9.94. The van der Waals surface area contributed by atoms with Gasteiger partial charge in [0, 0.05) is 32.6 Å². The van der Waals surface area contributed by atoms with Gasteiger partial charge < -0.3 is 19.9 Å². The van der Waals surface area contributed by atoms with Crippen LogP contribution in [-0.2, 0) is 9.53 Å². The number of aliphatic hydroxyl groups is 1. The molecule has 2 N–H and O–H groups in total. The lowest BCUT2D eigenvalue weighted by Crippen LogP contribution is -2.47. The summed E-state index contributed by atoms with van der Waals surface area (Å²) in [6.07, 6.45) is 1.09. The van der Waals surface area contributed by atoms with Crippen LogP contribution < -0.4 is 10.1 Å². The average Bonchev–Trinajstić information content (AvgIpc) is 2.47. The minimum absolute atomic E-state index is 0.0465. The molecule has 0 aliphatic carbocycles. The number of aryl methyl sites for hydroxylation is 2. The van der Waals surface area contributed by atoms with Crippen LogP contribution in [0.15, 0.2) is 18.2 Å². The molecule has 1 aromatic rings. The molecule has 1 aliphatic rings. The highest BCUT2D eigenvalue weighted by Crippen LogP contribution is 2.19. The van der Waals surface area contributed by atoms with Gasteiger partial charge in [-0.2, -0.15) is 0 Å². The molecule has 21 heavy (non-hydrogen) atoms. The molecule has 5 heteroatoms. The number of nitrogens with one attached hydrogen (secondary N) is 1. The Bertz CT molecular complexity index is 495. The Morgan fingerprint density at radius 2 is 2.05 bits per heavy atom. The van der Waals surface area contributed by atoms with E-state index in [4.69, 9.17) is 9.47 Å². The van der Waals surface area contributed by atoms with Gasteiger partial charge in [-0.25, -0.2) is 0 Å². The lowest BCUT2D eigenvalue weighted by Gasteiger charge is -2.32. The SMILES string of the molecule is Cc1ccc(OCC(=O)NCC2(O)CCOCC2)cc1C. The molecule has 5 nitrogen and oxygen atoms in total. The molecule has 1 saturated heterocycles. The minimum Gasteiger partial charge on any atom is -0.484 e. The fourth-order valence-corrected chi connectivity index (χ4v) is 2.19. The number of carbonyl (C=O) groups is 1. The van der Waals surface area contributed by atoms with Gasteiger partial charge in [0.2, 0.25) is 0 Å². The molecular formula is C16H23NO4. The van der Waals surface area contributed by atoms with Crippen LogP contribution >= 0.6 is 0 Å². The number of ether oxygens (including phenoxy) is 2. The van der Waals surface area contributed by atoms with Gasteiger partial charge in [-0.1, -0.05) is 6.07 Å². The lowest BCUT2D eigenvalue weighted by molar-refractivity contribution is -0.125. The van der Waals surface area contributed by atoms with E-state index in [1.807, 2.05) is 32.0 Å². The third-order valence-corrected chi connectivity index (χ3v) is 3.89. The van der Waals surface area contributed by atoms with Crippen molar-refractivity contribution in [3.63, 3.8) is 0 Å². The van der Waals surface area contributed by atoms with Gasteiger partial charge in [-0.15, -0.1) is 0 Å². The Morgan fingerprint density at radius 1 is 1.33 bits per heavy atom. The summed E-state index contributed by atoms with van der Waals surface area (Å²) < 4.78 is 10.7. The molecule has 0 saturated carbocycles. The van der Waals surface area contributed by atoms with Crippen molar-refractivity contribution in [3.8, 4) is 5.75 Å². The Balaban J connectivity index is 1.75. The first-order valence-electron chi connectivity index (χ1n) is 7.25. The second-order valence-corrected chi connectivity index (χ2v) is 5.65. The van der Waals surface area contributed by atoms with Gasteiger partial charge in [-0.3, -0.25) is 4.79 Å². The third-order valence-electron chi connectivity index (χ3n) is 3.89. The topological polar surface area (TPSA) is 67.8 Å². The molecule has 1 amide bonds. The second kappa shape index (κ2) is 6.91. The van der Waals surface area contributed by atoms with Crippen LogP contribution in [0.4, 0.5) is 0 Å². The summed E-state index contributed by atoms with van der Waals surface area (Å²) in [6, 6.07) is 5.73. The largest absolute Gasteiger partial charge is 0.484 e. The van der Waals surface area contributed by atoms with Gasteiger partial charge >= 0.3 is 0 Å². The van der Waals surface area contributed by atoms with Gasteiger partial charge in [-0.05, 0) is 37.1 Å². The summed E-state index contributed by atoms with van der Waals surface area (Å²) in [4.78, 5) is 11.8. The zero-order valence-corrected chi connectivity index (χ0v) is 12.6. The first-order chi connectivity index (χ1) is 9.98. The Labute approximate surface area is 125 Å². The van der Waals surface area contributed by atoms with E-state index in [9.17, 15) is 9.90 Å². The summed E-state index contributed by atoms with van der Waals surface area (Å²) >= 11 is 0. The maximum Gasteiger partial charge on any atom is 0.258 e. The van der Waals surface area contributed by atoms with Gasteiger partial charge in [0.25, 0.3) is 5.91 Å². The molecule has 0 unspecified atom stereocenters. The van der Waals surface area contributed by atoms with Crippen molar-refractivity contribution in [2.24, 2.45) is 0 Å². The molecule has 1 heterocycles. The zero-order valence-electron chi connectivity index (χ0n) is 12.6. The highest BCUT2D eigenvalue weighted by atomic mass is 16.5. The molecule has 116 valence electrons. The average molecular weight is 293 g/mol. The van der Waals surface area contributed by atoms with Crippen LogP contribution in [0.2, 0.25) is 0 Å². The van der Waals surface area contributed by atoms with E-state index < -0.39 is 5.60 Å². The first-order valence-corrected chi connectivity index (χ1v) is 7.25. The fourth-order valence-electron chi connectivity index (χ4n) is 2.19. The minimum atomic E-state index is -0.853. The highest BCUT2D eigenvalue weighted by molar-refractivity contribution is 5.77. The Morgan fingerprint density at radius 3 is 2.71 bits per heavy atom. The van der Waals surface area contributed by atoms with Crippen LogP contribution in [0.1, 0.15) is 24.0 Å². The van der Waals surface area contributed by atoms with Crippen molar-refractivity contribution in [1.29, 1.82) is 0 Å². The normalized spacial score (nSPS) is 17.3. The predicted molar refractivity (Wildman–Crippen MR) is 79.4 cm³/mol. The van der Waals surface area contributed by atoms with Crippen molar-refractivity contribution < 1.29 is 19.4 Å². The Hall–Kier alpha value is -1.59. The monoisotopic (exact) mass is 293 g/mol. The van der Waals surface area contributed by atoms with Gasteiger partial charge in [0.15, 0.2) is 6.61 Å². The number of benzene rings is 1. The van der Waals surface area contributed by atoms with E-state index in [2.05, 4.69) is 5.32 Å². The van der Waals surface area contributed by atoms with E-state index in [0.29, 0.717) is 31.8 Å². The summed E-state index contributed by atoms with van der Waals surface area (Å²) in [7, 11) is 0. The van der Waals surface area contributed by atoms with Crippen LogP contribution in [0.25, 0.3) is 0 Å². The van der Waals surface area contributed by atoms with E-state index in [0.717, 1.165) is 5.56 Å². The standard InChI is InChI=1S/C16H23NO4/c1-12-3-4-14(9-13(12)2)21-10-15(18)17-11-16(19)5-7-20-8-6-16/h3-4,9,19H,5-8,10-11H2,1-2H3,(H,17,18).